The topological polar surface area (TPSA) is 79.5 Å². The molecule has 0 heterocycles. The van der Waals surface area contributed by atoms with Gasteiger partial charge in [0.15, 0.2) is 11.7 Å². The molecule has 0 bridgehead atoms. The maximum absolute atomic E-state index is 12.0. The van der Waals surface area contributed by atoms with Crippen molar-refractivity contribution in [1.29, 1.82) is 0 Å². The van der Waals surface area contributed by atoms with E-state index in [1.165, 1.54) is 0 Å². The Morgan fingerprint density at radius 2 is 1.93 bits per heavy atom. The van der Waals surface area contributed by atoms with Crippen LogP contribution in [0.3, 0.4) is 0 Å². The summed E-state index contributed by atoms with van der Waals surface area (Å²) in [5.74, 6) is -0.232. The fourth-order valence-corrected chi connectivity index (χ4v) is 2.90. The van der Waals surface area contributed by atoms with Crippen molar-refractivity contribution in [2.24, 2.45) is 0 Å². The number of thiocarbonyl (C=S) groups is 1. The van der Waals surface area contributed by atoms with E-state index in [2.05, 4.69) is 39.0 Å². The van der Waals surface area contributed by atoms with Crippen molar-refractivity contribution in [2.75, 3.05) is 6.61 Å². The van der Waals surface area contributed by atoms with Crippen LogP contribution in [0, 0.1) is 6.92 Å². The second-order valence-electron chi connectivity index (χ2n) is 5.73. The highest BCUT2D eigenvalue weighted by Gasteiger charge is 2.10. The van der Waals surface area contributed by atoms with E-state index >= 15 is 0 Å². The lowest BCUT2D eigenvalue weighted by Crippen LogP contribution is -2.49. The molecule has 27 heavy (non-hydrogen) atoms. The molecule has 8 heteroatoms. The number of hydrogen-bond donors (Lipinski definition) is 3. The Morgan fingerprint density at radius 3 is 2.59 bits per heavy atom. The molecule has 142 valence electrons. The first-order chi connectivity index (χ1) is 12.9. The molecule has 0 aromatic heterocycles. The van der Waals surface area contributed by atoms with Gasteiger partial charge in [0.2, 0.25) is 0 Å². The fourth-order valence-electron chi connectivity index (χ4n) is 2.19. The van der Waals surface area contributed by atoms with Gasteiger partial charge in [0.05, 0.1) is 4.47 Å². The van der Waals surface area contributed by atoms with Gasteiger partial charge in [0, 0.05) is 5.56 Å². The zero-order valence-electron chi connectivity index (χ0n) is 15.0. The molecule has 2 rings (SSSR count). The highest BCUT2D eigenvalue weighted by atomic mass is 79.9. The summed E-state index contributed by atoms with van der Waals surface area (Å²) < 4.78 is 6.25. The maximum Gasteiger partial charge on any atom is 0.269 e. The number of rotatable bonds is 5. The van der Waals surface area contributed by atoms with Crippen LogP contribution in [0.2, 0.25) is 0 Å². The van der Waals surface area contributed by atoms with E-state index in [4.69, 9.17) is 17.0 Å². The summed E-state index contributed by atoms with van der Waals surface area (Å²) in [6.07, 6.45) is 0.910. The number of ether oxygens (including phenoxy) is 1. The standard InChI is InChI=1S/C19H20BrN3O3S/c1-3-13-7-8-16(15(20)10-13)26-11-17(24)21-19(27)23-22-18(25)14-6-4-5-12(2)9-14/h4-10H,3,11H2,1-2H3,(H,22,25)(H2,21,23,24,27). The Morgan fingerprint density at radius 1 is 1.15 bits per heavy atom. The van der Waals surface area contributed by atoms with Gasteiger partial charge >= 0.3 is 0 Å². The Balaban J connectivity index is 1.77. The zero-order valence-corrected chi connectivity index (χ0v) is 17.4. The van der Waals surface area contributed by atoms with E-state index in [1.807, 2.05) is 25.1 Å². The molecule has 2 amide bonds. The Kier molecular flexibility index (Phi) is 7.75. The van der Waals surface area contributed by atoms with Crippen molar-refractivity contribution in [3.63, 3.8) is 0 Å². The largest absolute Gasteiger partial charge is 0.483 e. The van der Waals surface area contributed by atoms with E-state index in [-0.39, 0.29) is 17.6 Å². The zero-order chi connectivity index (χ0) is 19.8. The minimum absolute atomic E-state index is 0.0231. The third-order valence-corrected chi connectivity index (χ3v) is 4.41. The summed E-state index contributed by atoms with van der Waals surface area (Å²) in [5.41, 5.74) is 7.54. The fraction of sp³-hybridized carbons (Fsp3) is 0.211. The predicted octanol–water partition coefficient (Wildman–Crippen LogP) is 3.03. The minimum atomic E-state index is -0.441. The molecule has 0 unspecified atom stereocenters. The van der Waals surface area contributed by atoms with Crippen LogP contribution in [-0.2, 0) is 11.2 Å². The van der Waals surface area contributed by atoms with Crippen LogP contribution in [0.15, 0.2) is 46.9 Å². The average Bonchev–Trinajstić information content (AvgIpc) is 2.65. The van der Waals surface area contributed by atoms with Crippen LogP contribution in [0.4, 0.5) is 0 Å². The number of benzene rings is 2. The van der Waals surface area contributed by atoms with Gasteiger partial charge in [-0.3, -0.25) is 25.8 Å². The van der Waals surface area contributed by atoms with E-state index in [0.717, 1.165) is 22.0 Å². The molecular weight excluding hydrogens is 430 g/mol. The van der Waals surface area contributed by atoms with Crippen LogP contribution in [0.5, 0.6) is 5.75 Å². The summed E-state index contributed by atoms with van der Waals surface area (Å²) >= 11 is 8.41. The number of halogens is 1. The first kappa shape index (κ1) is 20.9. The molecule has 3 N–H and O–H groups in total. The van der Waals surface area contributed by atoms with Crippen molar-refractivity contribution >= 4 is 45.1 Å². The number of carbonyl (C=O) groups is 2. The van der Waals surface area contributed by atoms with Gasteiger partial charge < -0.3 is 4.74 Å². The first-order valence-electron chi connectivity index (χ1n) is 8.27. The maximum atomic E-state index is 12.0. The van der Waals surface area contributed by atoms with Crippen LogP contribution < -0.4 is 20.9 Å². The van der Waals surface area contributed by atoms with Crippen molar-refractivity contribution in [1.82, 2.24) is 16.2 Å². The summed E-state index contributed by atoms with van der Waals surface area (Å²) in [7, 11) is 0. The monoisotopic (exact) mass is 449 g/mol. The van der Waals surface area contributed by atoms with Crippen molar-refractivity contribution in [2.45, 2.75) is 20.3 Å². The summed E-state index contributed by atoms with van der Waals surface area (Å²) in [6, 6.07) is 12.8. The molecule has 0 atom stereocenters. The summed E-state index contributed by atoms with van der Waals surface area (Å²) in [6.45, 7) is 3.74. The number of aryl methyl sites for hydroxylation is 2. The third kappa shape index (κ3) is 6.65. The van der Waals surface area contributed by atoms with Crippen molar-refractivity contribution < 1.29 is 14.3 Å². The van der Waals surface area contributed by atoms with E-state index in [9.17, 15) is 9.59 Å². The normalized spacial score (nSPS) is 10.0. The van der Waals surface area contributed by atoms with Crippen LogP contribution in [0.1, 0.15) is 28.4 Å². The molecule has 0 saturated heterocycles. The van der Waals surface area contributed by atoms with E-state index in [0.29, 0.717) is 11.3 Å². The van der Waals surface area contributed by atoms with Gasteiger partial charge in [-0.1, -0.05) is 30.7 Å². The molecular formula is C19H20BrN3O3S. The molecule has 0 aliphatic heterocycles. The van der Waals surface area contributed by atoms with Gasteiger partial charge in [0.25, 0.3) is 11.8 Å². The molecule has 2 aromatic rings. The highest BCUT2D eigenvalue weighted by molar-refractivity contribution is 9.10. The van der Waals surface area contributed by atoms with E-state index in [1.54, 1.807) is 24.3 Å². The Labute approximate surface area is 171 Å². The molecule has 0 radical (unpaired) electrons. The average molecular weight is 450 g/mol. The quantitative estimate of drug-likeness (QED) is 0.482. The second kappa shape index (κ2) is 10.0. The Bertz CT molecular complexity index is 858. The number of amides is 2. The molecule has 6 nitrogen and oxygen atoms in total. The smallest absolute Gasteiger partial charge is 0.269 e. The van der Waals surface area contributed by atoms with Gasteiger partial charge in [-0.15, -0.1) is 0 Å². The van der Waals surface area contributed by atoms with Crippen LogP contribution in [0.25, 0.3) is 0 Å². The summed E-state index contributed by atoms with van der Waals surface area (Å²) in [4.78, 5) is 23.9. The second-order valence-corrected chi connectivity index (χ2v) is 7.00. The molecule has 0 saturated carbocycles. The Hall–Kier alpha value is -2.45. The summed E-state index contributed by atoms with van der Waals surface area (Å²) in [5, 5.41) is 2.41. The van der Waals surface area contributed by atoms with Gasteiger partial charge in [0.1, 0.15) is 5.75 Å². The van der Waals surface area contributed by atoms with Gasteiger partial charge in [-0.2, -0.15) is 0 Å². The number of hydrogen-bond acceptors (Lipinski definition) is 4. The molecule has 0 aliphatic carbocycles. The number of nitrogens with one attached hydrogen (secondary N) is 3. The molecule has 0 aliphatic rings. The molecule has 0 fully saturated rings. The van der Waals surface area contributed by atoms with Crippen molar-refractivity contribution in [3.05, 3.63) is 63.6 Å². The van der Waals surface area contributed by atoms with Crippen LogP contribution >= 0.6 is 28.1 Å². The van der Waals surface area contributed by atoms with E-state index < -0.39 is 5.91 Å². The number of hydrazine groups is 1. The minimum Gasteiger partial charge on any atom is -0.483 e. The van der Waals surface area contributed by atoms with Gasteiger partial charge in [-0.25, -0.2) is 0 Å². The van der Waals surface area contributed by atoms with Crippen LogP contribution in [-0.4, -0.2) is 23.5 Å². The first-order valence-corrected chi connectivity index (χ1v) is 9.47. The van der Waals surface area contributed by atoms with Gasteiger partial charge in [-0.05, 0) is 71.3 Å². The highest BCUT2D eigenvalue weighted by Crippen LogP contribution is 2.26. The lowest BCUT2D eigenvalue weighted by molar-refractivity contribution is -0.121. The molecule has 0 spiro atoms. The third-order valence-electron chi connectivity index (χ3n) is 3.59. The van der Waals surface area contributed by atoms with Crippen molar-refractivity contribution in [3.8, 4) is 5.75 Å². The lowest BCUT2D eigenvalue weighted by atomic mass is 10.1. The SMILES string of the molecule is CCc1ccc(OCC(=O)NC(=S)NNC(=O)c2cccc(C)c2)c(Br)c1. The predicted molar refractivity (Wildman–Crippen MR) is 112 cm³/mol. The number of carbonyl (C=O) groups excluding carboxylic acids is 2. The lowest BCUT2D eigenvalue weighted by Gasteiger charge is -2.12. The molecule has 2 aromatic carbocycles.